The molecule has 2 amide bonds. The van der Waals surface area contributed by atoms with Gasteiger partial charge in [-0.15, -0.1) is 0 Å². The van der Waals surface area contributed by atoms with Gasteiger partial charge in [-0.1, -0.05) is 55.2 Å². The Morgan fingerprint density at radius 3 is 2.62 bits per heavy atom. The molecule has 5 rings (SSSR count). The number of amides is 2. The summed E-state index contributed by atoms with van der Waals surface area (Å²) in [4.78, 5) is 29.7. The van der Waals surface area contributed by atoms with Crippen molar-refractivity contribution < 1.29 is 13.8 Å². The van der Waals surface area contributed by atoms with Gasteiger partial charge >= 0.3 is 0 Å². The Morgan fingerprint density at radius 2 is 1.79 bits per heavy atom. The molecule has 0 spiro atoms. The van der Waals surface area contributed by atoms with Gasteiger partial charge in [0.05, 0.1) is 38.4 Å². The summed E-state index contributed by atoms with van der Waals surface area (Å²) in [5.74, 6) is 0.660. The van der Waals surface area contributed by atoms with E-state index in [1.54, 1.807) is 47.4 Å². The van der Waals surface area contributed by atoms with Gasteiger partial charge < -0.3 is 10.2 Å². The zero-order valence-electron chi connectivity index (χ0n) is 22.7. The maximum atomic E-state index is 13.9. The molecule has 204 valence electrons. The fraction of sp³-hybridized carbons (Fsp3) is 0.375. The lowest BCUT2D eigenvalue weighted by molar-refractivity contribution is 0.0950. The smallest absolute Gasteiger partial charge is 0.259 e. The van der Waals surface area contributed by atoms with E-state index in [1.165, 1.54) is 32.1 Å². The molecule has 7 heteroatoms. The van der Waals surface area contributed by atoms with Crippen LogP contribution in [0.15, 0.2) is 70.5 Å². The number of carbonyl (C=O) groups excluding carboxylic acids is 2. The molecular formula is C32H36N2O3S2. The van der Waals surface area contributed by atoms with Crippen LogP contribution >= 0.6 is 11.8 Å². The van der Waals surface area contributed by atoms with Crippen molar-refractivity contribution in [3.63, 3.8) is 0 Å². The molecule has 0 saturated heterocycles. The Kier molecular flexibility index (Phi) is 8.88. The summed E-state index contributed by atoms with van der Waals surface area (Å²) in [6.45, 7) is 4.99. The summed E-state index contributed by atoms with van der Waals surface area (Å²) in [7, 11) is -1.55. The number of rotatable bonds is 8. The molecule has 1 atom stereocenters. The molecule has 1 N–H and O–H groups in total. The maximum Gasteiger partial charge on any atom is 0.259 e. The SMILES string of the molecule is Cc1ccc(C)c(CN2C(=O)c3ccccc3S(=O)c3ccc(C(=O)NCCCSC4CCCCC4)cc32)c1. The number of thioether (sulfide) groups is 1. The van der Waals surface area contributed by atoms with Crippen molar-refractivity contribution >= 4 is 40.1 Å². The van der Waals surface area contributed by atoms with Gasteiger partial charge in [-0.2, -0.15) is 11.8 Å². The van der Waals surface area contributed by atoms with Crippen molar-refractivity contribution in [2.24, 2.45) is 0 Å². The summed E-state index contributed by atoms with van der Waals surface area (Å²) < 4.78 is 13.7. The van der Waals surface area contributed by atoms with E-state index in [9.17, 15) is 13.8 Å². The van der Waals surface area contributed by atoms with E-state index in [4.69, 9.17) is 0 Å². The maximum absolute atomic E-state index is 13.9. The Balaban J connectivity index is 1.38. The predicted molar refractivity (Wildman–Crippen MR) is 160 cm³/mol. The minimum Gasteiger partial charge on any atom is -0.352 e. The Morgan fingerprint density at radius 1 is 1.00 bits per heavy atom. The second kappa shape index (κ2) is 12.5. The molecular weight excluding hydrogens is 524 g/mol. The number of hydrogen-bond donors (Lipinski definition) is 1. The first-order chi connectivity index (χ1) is 18.9. The van der Waals surface area contributed by atoms with Gasteiger partial charge in [0.1, 0.15) is 0 Å². The van der Waals surface area contributed by atoms with E-state index in [1.807, 2.05) is 25.6 Å². The van der Waals surface area contributed by atoms with Crippen molar-refractivity contribution in [3.8, 4) is 0 Å². The summed E-state index contributed by atoms with van der Waals surface area (Å²) in [6, 6.07) is 18.5. The molecule has 1 aliphatic heterocycles. The highest BCUT2D eigenvalue weighted by molar-refractivity contribution is 7.99. The number of anilines is 1. The van der Waals surface area contributed by atoms with Crippen LogP contribution in [0.25, 0.3) is 0 Å². The molecule has 2 aliphatic rings. The van der Waals surface area contributed by atoms with E-state index >= 15 is 0 Å². The number of fused-ring (bicyclic) bond motifs is 2. The Labute approximate surface area is 238 Å². The van der Waals surface area contributed by atoms with Crippen LogP contribution in [0.5, 0.6) is 0 Å². The fourth-order valence-electron chi connectivity index (χ4n) is 5.36. The molecule has 1 saturated carbocycles. The lowest BCUT2D eigenvalue weighted by Crippen LogP contribution is -2.31. The number of nitrogens with zero attached hydrogens (tertiary/aromatic N) is 1. The minimum absolute atomic E-state index is 0.174. The van der Waals surface area contributed by atoms with E-state index in [-0.39, 0.29) is 11.8 Å². The summed E-state index contributed by atoms with van der Waals surface area (Å²) in [5, 5.41) is 3.82. The lowest BCUT2D eigenvalue weighted by Gasteiger charge is -2.24. The third-order valence-electron chi connectivity index (χ3n) is 7.62. The number of nitrogens with one attached hydrogen (secondary N) is 1. The van der Waals surface area contributed by atoms with Crippen molar-refractivity contribution in [3.05, 3.63) is 88.5 Å². The van der Waals surface area contributed by atoms with Gasteiger partial charge in [0.15, 0.2) is 0 Å². The second-order valence-corrected chi connectivity index (χ2v) is 13.3. The summed E-state index contributed by atoms with van der Waals surface area (Å²) in [5.41, 5.74) is 4.63. The zero-order chi connectivity index (χ0) is 27.4. The predicted octanol–water partition coefficient (Wildman–Crippen LogP) is 6.82. The third kappa shape index (κ3) is 6.30. The highest BCUT2D eigenvalue weighted by atomic mass is 32.2. The first kappa shape index (κ1) is 27.7. The fourth-order valence-corrected chi connectivity index (χ4v) is 8.02. The van der Waals surface area contributed by atoms with Crippen LogP contribution < -0.4 is 10.2 Å². The van der Waals surface area contributed by atoms with Crippen molar-refractivity contribution in [1.29, 1.82) is 0 Å². The molecule has 5 nitrogen and oxygen atoms in total. The van der Waals surface area contributed by atoms with Gasteiger partial charge in [0.25, 0.3) is 11.8 Å². The van der Waals surface area contributed by atoms with Crippen LogP contribution in [0, 0.1) is 13.8 Å². The zero-order valence-corrected chi connectivity index (χ0v) is 24.3. The normalized spacial score (nSPS) is 17.3. The van der Waals surface area contributed by atoms with Gasteiger partial charge in [0, 0.05) is 17.4 Å². The molecule has 0 radical (unpaired) electrons. The third-order valence-corrected chi connectivity index (χ3v) is 10.6. The number of hydrogen-bond acceptors (Lipinski definition) is 4. The first-order valence-corrected chi connectivity index (χ1v) is 16.0. The average molecular weight is 561 g/mol. The highest BCUT2D eigenvalue weighted by Crippen LogP contribution is 2.36. The van der Waals surface area contributed by atoms with E-state index < -0.39 is 10.8 Å². The number of aryl methyl sites for hydroxylation is 2. The molecule has 3 aromatic carbocycles. The standard InChI is InChI=1S/C32H36N2O3S2/c1-22-13-14-23(2)25(19-22)21-34-28-20-24(31(35)33-17-8-18-38-26-9-4-3-5-10-26)15-16-30(28)39(37)29-12-7-6-11-27(29)32(34)36/h6-7,11-16,19-20,26H,3-5,8-10,17-18,21H2,1-2H3,(H,33,35). The van der Waals surface area contributed by atoms with E-state index in [0.717, 1.165) is 34.1 Å². The number of carbonyl (C=O) groups is 2. The molecule has 0 aromatic heterocycles. The van der Waals surface area contributed by atoms with Crippen LogP contribution in [0.2, 0.25) is 0 Å². The lowest BCUT2D eigenvalue weighted by atomic mass is 10.0. The molecule has 3 aromatic rings. The van der Waals surface area contributed by atoms with Crippen molar-refractivity contribution in [1.82, 2.24) is 5.32 Å². The van der Waals surface area contributed by atoms with Crippen LogP contribution in [0.1, 0.15) is 75.9 Å². The molecule has 0 bridgehead atoms. The van der Waals surface area contributed by atoms with Crippen molar-refractivity contribution in [2.75, 3.05) is 17.2 Å². The van der Waals surface area contributed by atoms with Crippen LogP contribution in [0.3, 0.4) is 0 Å². The van der Waals surface area contributed by atoms with Crippen molar-refractivity contribution in [2.45, 2.75) is 74.0 Å². The molecule has 1 unspecified atom stereocenters. The topological polar surface area (TPSA) is 66.5 Å². The quantitative estimate of drug-likeness (QED) is 0.307. The minimum atomic E-state index is -1.55. The monoisotopic (exact) mass is 560 g/mol. The van der Waals surface area contributed by atoms with Crippen LogP contribution in [-0.2, 0) is 17.3 Å². The number of benzene rings is 3. The molecule has 1 fully saturated rings. The van der Waals surface area contributed by atoms with Gasteiger partial charge in [0.2, 0.25) is 0 Å². The molecule has 39 heavy (non-hydrogen) atoms. The van der Waals surface area contributed by atoms with Gasteiger partial charge in [-0.05, 0) is 80.3 Å². The average Bonchev–Trinajstić information content (AvgIpc) is 3.04. The first-order valence-electron chi connectivity index (χ1n) is 13.8. The summed E-state index contributed by atoms with van der Waals surface area (Å²) in [6.07, 6.45) is 7.59. The second-order valence-electron chi connectivity index (χ2n) is 10.5. The Bertz CT molecular complexity index is 1400. The van der Waals surface area contributed by atoms with E-state index in [2.05, 4.69) is 23.5 Å². The van der Waals surface area contributed by atoms with E-state index in [0.29, 0.717) is 39.7 Å². The summed E-state index contributed by atoms with van der Waals surface area (Å²) >= 11 is 2.03. The van der Waals surface area contributed by atoms with Crippen LogP contribution in [0.4, 0.5) is 5.69 Å². The Hall–Kier alpha value is -2.90. The molecule has 1 heterocycles. The largest absolute Gasteiger partial charge is 0.352 e. The van der Waals surface area contributed by atoms with Crippen LogP contribution in [-0.4, -0.2) is 33.6 Å². The molecule has 1 aliphatic carbocycles. The van der Waals surface area contributed by atoms with Gasteiger partial charge in [-0.25, -0.2) is 4.21 Å². The van der Waals surface area contributed by atoms with Gasteiger partial charge in [-0.3, -0.25) is 9.59 Å². The highest BCUT2D eigenvalue weighted by Gasteiger charge is 2.31.